The van der Waals surface area contributed by atoms with Gasteiger partial charge in [0.2, 0.25) is 10.0 Å². The van der Waals surface area contributed by atoms with Gasteiger partial charge in [-0.2, -0.15) is 4.31 Å². The second kappa shape index (κ2) is 7.05. The fourth-order valence-corrected chi connectivity index (χ4v) is 7.05. The van der Waals surface area contributed by atoms with E-state index in [0.29, 0.717) is 12.0 Å². The number of sulfone groups is 1. The first-order chi connectivity index (χ1) is 11.5. The third-order valence-electron chi connectivity index (χ3n) is 4.58. The third kappa shape index (κ3) is 4.04. The van der Waals surface area contributed by atoms with Gasteiger partial charge in [0.1, 0.15) is 0 Å². The number of sulfonamides is 1. The highest BCUT2D eigenvalue weighted by Gasteiger charge is 2.41. The van der Waals surface area contributed by atoms with E-state index >= 15 is 0 Å². The van der Waals surface area contributed by atoms with Crippen molar-refractivity contribution in [2.24, 2.45) is 0 Å². The molecule has 25 heavy (non-hydrogen) atoms. The molecule has 1 aliphatic heterocycles. The van der Waals surface area contributed by atoms with Gasteiger partial charge in [-0.25, -0.2) is 21.6 Å². The number of aromatic carboxylic acids is 1. The van der Waals surface area contributed by atoms with Crippen molar-refractivity contribution < 1.29 is 26.7 Å². The second-order valence-corrected chi connectivity index (χ2v) is 10.5. The van der Waals surface area contributed by atoms with Crippen LogP contribution in [0.2, 0.25) is 0 Å². The van der Waals surface area contributed by atoms with Gasteiger partial charge in [-0.15, -0.1) is 0 Å². The lowest BCUT2D eigenvalue weighted by atomic mass is 10.1. The Morgan fingerprint density at radius 2 is 2.04 bits per heavy atom. The molecule has 1 heterocycles. The Balaban J connectivity index is 2.56. The molecule has 1 aromatic carbocycles. The second-order valence-electron chi connectivity index (χ2n) is 6.43. The quantitative estimate of drug-likeness (QED) is 0.793. The molecule has 0 aromatic heterocycles. The summed E-state index contributed by atoms with van der Waals surface area (Å²) in [7, 11) is -7.28. The van der Waals surface area contributed by atoms with Crippen molar-refractivity contribution in [2.45, 2.75) is 50.6 Å². The molecular formula is C16H23NO6S2. The number of carboxylic acids is 1. The minimum Gasteiger partial charge on any atom is -0.478 e. The fraction of sp³-hybridized carbons (Fsp3) is 0.562. The SMILES string of the molecule is CC[C@@H](C)N([C@@H]1CCS(=O)(=O)C1)S(=O)(=O)c1cc(C(=O)O)ccc1C. The standard InChI is InChI=1S/C16H23NO6S2/c1-4-12(3)17(14-7-8-24(20,21)10-14)25(22,23)15-9-13(16(18)19)6-5-11(15)2/h5-6,9,12,14H,4,7-8,10H2,1-3H3,(H,18,19)/t12-,14-/m1/s1. The molecule has 1 saturated heterocycles. The number of benzene rings is 1. The topological polar surface area (TPSA) is 109 Å². The molecule has 0 unspecified atom stereocenters. The Morgan fingerprint density at radius 1 is 1.40 bits per heavy atom. The highest BCUT2D eigenvalue weighted by atomic mass is 32.2. The van der Waals surface area contributed by atoms with E-state index in [-0.39, 0.29) is 28.4 Å². The van der Waals surface area contributed by atoms with Gasteiger partial charge in [-0.3, -0.25) is 0 Å². The van der Waals surface area contributed by atoms with Crippen LogP contribution in [0, 0.1) is 6.92 Å². The summed E-state index contributed by atoms with van der Waals surface area (Å²) in [5.74, 6) is -1.45. The molecule has 0 amide bonds. The van der Waals surface area contributed by atoms with E-state index in [9.17, 15) is 21.6 Å². The van der Waals surface area contributed by atoms with Gasteiger partial charge in [-0.1, -0.05) is 13.0 Å². The van der Waals surface area contributed by atoms with Gasteiger partial charge in [0, 0.05) is 12.1 Å². The molecule has 0 saturated carbocycles. The molecule has 9 heteroatoms. The molecule has 1 fully saturated rings. The number of hydrogen-bond acceptors (Lipinski definition) is 5. The lowest BCUT2D eigenvalue weighted by molar-refractivity contribution is 0.0696. The smallest absolute Gasteiger partial charge is 0.335 e. The number of aryl methyl sites for hydroxylation is 1. The molecule has 140 valence electrons. The summed E-state index contributed by atoms with van der Waals surface area (Å²) >= 11 is 0. The van der Waals surface area contributed by atoms with Crippen LogP contribution in [0.3, 0.4) is 0 Å². The summed E-state index contributed by atoms with van der Waals surface area (Å²) in [6.45, 7) is 5.16. The van der Waals surface area contributed by atoms with Crippen molar-refractivity contribution in [1.82, 2.24) is 4.31 Å². The Labute approximate surface area is 148 Å². The van der Waals surface area contributed by atoms with Crippen LogP contribution in [0.4, 0.5) is 0 Å². The summed E-state index contributed by atoms with van der Waals surface area (Å²) in [4.78, 5) is 11.1. The van der Waals surface area contributed by atoms with Gasteiger partial charge >= 0.3 is 5.97 Å². The molecule has 2 atom stereocenters. The molecule has 0 radical (unpaired) electrons. The molecule has 0 spiro atoms. The van der Waals surface area contributed by atoms with Crippen LogP contribution in [-0.2, 0) is 19.9 Å². The molecule has 7 nitrogen and oxygen atoms in total. The number of nitrogens with zero attached hydrogens (tertiary/aromatic N) is 1. The maximum atomic E-state index is 13.3. The summed E-state index contributed by atoms with van der Waals surface area (Å²) in [6, 6.07) is 2.93. The van der Waals surface area contributed by atoms with Gasteiger partial charge in [-0.05, 0) is 44.4 Å². The van der Waals surface area contributed by atoms with Crippen molar-refractivity contribution in [3.63, 3.8) is 0 Å². The molecule has 2 rings (SSSR count). The van der Waals surface area contributed by atoms with Crippen LogP contribution in [0.1, 0.15) is 42.6 Å². The Bertz CT molecular complexity index is 876. The van der Waals surface area contributed by atoms with Gasteiger partial charge in [0.05, 0.1) is 22.0 Å². The van der Waals surface area contributed by atoms with Crippen molar-refractivity contribution in [2.75, 3.05) is 11.5 Å². The van der Waals surface area contributed by atoms with E-state index in [1.54, 1.807) is 13.8 Å². The molecule has 0 bridgehead atoms. The largest absolute Gasteiger partial charge is 0.478 e. The van der Waals surface area contributed by atoms with Crippen LogP contribution in [0.5, 0.6) is 0 Å². The summed E-state index contributed by atoms with van der Waals surface area (Å²) in [5, 5.41) is 9.15. The maximum Gasteiger partial charge on any atom is 0.335 e. The predicted molar refractivity (Wildman–Crippen MR) is 94.0 cm³/mol. The first-order valence-electron chi connectivity index (χ1n) is 8.07. The molecule has 0 aliphatic carbocycles. The third-order valence-corrected chi connectivity index (χ3v) is 8.54. The van der Waals surface area contributed by atoms with Crippen LogP contribution >= 0.6 is 0 Å². The van der Waals surface area contributed by atoms with Crippen molar-refractivity contribution >= 4 is 25.8 Å². The zero-order valence-electron chi connectivity index (χ0n) is 14.5. The van der Waals surface area contributed by atoms with Gasteiger partial charge in [0.15, 0.2) is 9.84 Å². The summed E-state index contributed by atoms with van der Waals surface area (Å²) in [6.07, 6.45) is 0.775. The zero-order valence-corrected chi connectivity index (χ0v) is 16.1. The predicted octanol–water partition coefficient (Wildman–Crippen LogP) is 1.67. The fourth-order valence-electron chi connectivity index (χ4n) is 3.07. The lowest BCUT2D eigenvalue weighted by Gasteiger charge is -2.33. The lowest BCUT2D eigenvalue weighted by Crippen LogP contribution is -2.46. The number of carbonyl (C=O) groups is 1. The molecule has 1 N–H and O–H groups in total. The molecule has 1 aliphatic rings. The Hall–Kier alpha value is -1.45. The first-order valence-corrected chi connectivity index (χ1v) is 11.3. The number of rotatable bonds is 6. The Morgan fingerprint density at radius 3 is 2.52 bits per heavy atom. The summed E-state index contributed by atoms with van der Waals surface area (Å²) < 4.78 is 51.4. The number of carboxylic acid groups (broad SMARTS) is 1. The van der Waals surface area contributed by atoms with E-state index in [4.69, 9.17) is 5.11 Å². The van der Waals surface area contributed by atoms with Crippen LogP contribution in [0.15, 0.2) is 23.1 Å². The van der Waals surface area contributed by atoms with E-state index in [2.05, 4.69) is 0 Å². The Kier molecular flexibility index (Phi) is 5.60. The van der Waals surface area contributed by atoms with Crippen LogP contribution in [0.25, 0.3) is 0 Å². The zero-order chi connectivity index (χ0) is 19.0. The molecular weight excluding hydrogens is 366 g/mol. The van der Waals surface area contributed by atoms with E-state index in [1.807, 2.05) is 6.92 Å². The van der Waals surface area contributed by atoms with E-state index in [0.717, 1.165) is 6.07 Å². The number of hydrogen-bond donors (Lipinski definition) is 1. The van der Waals surface area contributed by atoms with Gasteiger partial charge in [0.25, 0.3) is 0 Å². The molecule has 1 aromatic rings. The monoisotopic (exact) mass is 389 g/mol. The van der Waals surface area contributed by atoms with Crippen molar-refractivity contribution in [3.05, 3.63) is 29.3 Å². The van der Waals surface area contributed by atoms with Crippen LogP contribution in [-0.4, -0.2) is 55.8 Å². The maximum absolute atomic E-state index is 13.3. The van der Waals surface area contributed by atoms with Crippen molar-refractivity contribution in [3.8, 4) is 0 Å². The minimum atomic E-state index is -4.03. The highest BCUT2D eigenvalue weighted by Crippen LogP contribution is 2.30. The highest BCUT2D eigenvalue weighted by molar-refractivity contribution is 7.92. The first kappa shape index (κ1) is 19.9. The average molecular weight is 389 g/mol. The van der Waals surface area contributed by atoms with E-state index in [1.165, 1.54) is 16.4 Å². The van der Waals surface area contributed by atoms with Crippen LogP contribution < -0.4 is 0 Å². The minimum absolute atomic E-state index is 0.0335. The van der Waals surface area contributed by atoms with Gasteiger partial charge < -0.3 is 5.11 Å². The van der Waals surface area contributed by atoms with E-state index < -0.39 is 37.9 Å². The van der Waals surface area contributed by atoms with Crippen molar-refractivity contribution in [1.29, 1.82) is 0 Å². The average Bonchev–Trinajstić information content (AvgIpc) is 2.86. The summed E-state index contributed by atoms with van der Waals surface area (Å²) in [5.41, 5.74) is 0.312. The normalized spacial score (nSPS) is 21.4.